The first-order valence-electron chi connectivity index (χ1n) is 17.4. The molecule has 0 aliphatic carbocycles. The summed E-state index contributed by atoms with van der Waals surface area (Å²) in [5.41, 5.74) is -1.14. The Balaban J connectivity index is 4.93. The molecular formula is C35H68N4O4. The van der Waals surface area contributed by atoms with E-state index >= 15 is 0 Å². The molecule has 0 spiro atoms. The molecule has 0 aliphatic rings. The fraction of sp³-hybridized carbons (Fsp3) is 0.886. The third kappa shape index (κ3) is 19.7. The number of carbonyl (C=O) groups excluding carboxylic acids is 4. The fourth-order valence-corrected chi connectivity index (χ4v) is 5.38. The van der Waals surface area contributed by atoms with Crippen molar-refractivity contribution < 1.29 is 19.2 Å². The van der Waals surface area contributed by atoms with Gasteiger partial charge in [0.25, 0.3) is 0 Å². The molecule has 43 heavy (non-hydrogen) atoms. The van der Waals surface area contributed by atoms with Gasteiger partial charge < -0.3 is 21.3 Å². The maximum absolute atomic E-state index is 13.5. The van der Waals surface area contributed by atoms with Crippen molar-refractivity contribution >= 4 is 23.6 Å². The monoisotopic (exact) mass is 609 g/mol. The van der Waals surface area contributed by atoms with Crippen LogP contribution in [0.4, 0.5) is 0 Å². The summed E-state index contributed by atoms with van der Waals surface area (Å²) >= 11 is 0. The molecule has 0 aromatic rings. The number of hydrogen-bond acceptors (Lipinski definition) is 4. The summed E-state index contributed by atoms with van der Waals surface area (Å²) in [5.74, 6) is -0.528. The third-order valence-electron chi connectivity index (χ3n) is 8.53. The van der Waals surface area contributed by atoms with Crippen LogP contribution in [0.2, 0.25) is 0 Å². The highest BCUT2D eigenvalue weighted by Gasteiger charge is 2.39. The smallest absolute Gasteiger partial charge is 0.242 e. The Labute approximate surface area is 264 Å². The van der Waals surface area contributed by atoms with E-state index in [2.05, 4.69) is 55.9 Å². The van der Waals surface area contributed by atoms with E-state index in [1.54, 1.807) is 0 Å². The highest BCUT2D eigenvalue weighted by atomic mass is 16.2. The van der Waals surface area contributed by atoms with E-state index < -0.39 is 11.5 Å². The van der Waals surface area contributed by atoms with Crippen LogP contribution < -0.4 is 21.3 Å². The number of carbonyl (C=O) groups is 4. The minimum atomic E-state index is -0.787. The molecule has 0 saturated carbocycles. The Morgan fingerprint density at radius 3 is 1.67 bits per heavy atom. The molecule has 0 aromatic heterocycles. The van der Waals surface area contributed by atoms with Crippen LogP contribution in [0.5, 0.6) is 0 Å². The van der Waals surface area contributed by atoms with E-state index in [0.29, 0.717) is 25.9 Å². The van der Waals surface area contributed by atoms with Gasteiger partial charge in [0.2, 0.25) is 23.6 Å². The van der Waals surface area contributed by atoms with E-state index in [4.69, 9.17) is 0 Å². The fourth-order valence-electron chi connectivity index (χ4n) is 5.38. The maximum Gasteiger partial charge on any atom is 0.242 e. The second kappa shape index (κ2) is 23.3. The molecule has 0 saturated heterocycles. The Morgan fingerprint density at radius 2 is 1.12 bits per heavy atom. The highest BCUT2D eigenvalue weighted by molar-refractivity contribution is 5.90. The van der Waals surface area contributed by atoms with Crippen molar-refractivity contribution in [2.75, 3.05) is 13.1 Å². The van der Waals surface area contributed by atoms with Gasteiger partial charge in [-0.3, -0.25) is 19.2 Å². The van der Waals surface area contributed by atoms with E-state index in [1.807, 2.05) is 20.8 Å². The Morgan fingerprint density at radius 1 is 0.605 bits per heavy atom. The lowest BCUT2D eigenvalue weighted by molar-refractivity contribution is -0.136. The molecule has 0 radical (unpaired) electrons. The van der Waals surface area contributed by atoms with Gasteiger partial charge in [-0.05, 0) is 44.4 Å². The second-order valence-electron chi connectivity index (χ2n) is 13.8. The summed E-state index contributed by atoms with van der Waals surface area (Å²) in [5, 5.41) is 11.9. The summed E-state index contributed by atoms with van der Waals surface area (Å²) in [6.07, 6.45) is 16.1. The first-order chi connectivity index (χ1) is 20.3. The number of nitrogens with one attached hydrogen (secondary N) is 4. The van der Waals surface area contributed by atoms with E-state index in [9.17, 15) is 19.2 Å². The first-order valence-corrected chi connectivity index (χ1v) is 17.4. The predicted octanol–water partition coefficient (Wildman–Crippen LogP) is 6.95. The van der Waals surface area contributed by atoms with Gasteiger partial charge in [0.15, 0.2) is 0 Å². The van der Waals surface area contributed by atoms with Crippen molar-refractivity contribution in [2.24, 2.45) is 10.8 Å². The van der Waals surface area contributed by atoms with Crippen molar-refractivity contribution in [3.8, 4) is 0 Å². The van der Waals surface area contributed by atoms with Crippen LogP contribution in [0, 0.1) is 10.8 Å². The van der Waals surface area contributed by atoms with Gasteiger partial charge in [-0.25, -0.2) is 0 Å². The van der Waals surface area contributed by atoms with Crippen molar-refractivity contribution in [1.29, 1.82) is 0 Å². The molecular weight excluding hydrogens is 540 g/mol. The molecule has 8 heteroatoms. The Kier molecular flexibility index (Phi) is 22.1. The summed E-state index contributed by atoms with van der Waals surface area (Å²) in [6, 6.07) is -0.900. The Bertz CT molecular complexity index is 797. The van der Waals surface area contributed by atoms with Crippen LogP contribution in [-0.4, -0.2) is 48.8 Å². The normalized spacial score (nSPS) is 13.2. The zero-order valence-corrected chi connectivity index (χ0v) is 29.2. The van der Waals surface area contributed by atoms with Gasteiger partial charge in [-0.2, -0.15) is 0 Å². The summed E-state index contributed by atoms with van der Waals surface area (Å²) in [4.78, 5) is 51.5. The van der Waals surface area contributed by atoms with Crippen LogP contribution in [0.3, 0.4) is 0 Å². The minimum absolute atomic E-state index is 0.0619. The number of rotatable bonds is 26. The molecule has 4 amide bonds. The molecule has 2 atom stereocenters. The van der Waals surface area contributed by atoms with Gasteiger partial charge in [0.05, 0.1) is 0 Å². The standard InChI is InChI=1S/C35H68N4O4/c1-9-12-15-16-17-18-19-20-21-22-31(41)38-28(4)34(5,6)27-35(7,8)33(43)39-29(32(42)37-26-14-11-3)23-24-30(40)36-25-13-10-2/h28-29H,9-27H2,1-8H3,(H,36,40)(H,37,42)(H,38,41)(H,39,43). The third-order valence-corrected chi connectivity index (χ3v) is 8.53. The average Bonchev–Trinajstić information content (AvgIpc) is 2.93. The zero-order chi connectivity index (χ0) is 32.7. The summed E-state index contributed by atoms with van der Waals surface area (Å²) in [6.45, 7) is 17.4. The van der Waals surface area contributed by atoms with E-state index in [-0.39, 0.29) is 47.9 Å². The van der Waals surface area contributed by atoms with Gasteiger partial charge in [0, 0.05) is 37.4 Å². The minimum Gasteiger partial charge on any atom is -0.356 e. The van der Waals surface area contributed by atoms with Crippen molar-refractivity contribution in [2.45, 2.75) is 177 Å². The SMILES string of the molecule is CCCCCCCCCCCC(=O)NC(C)C(C)(C)CC(C)(C)C(=O)NC(CCC(=O)NCCCC)C(=O)NCCCC. The lowest BCUT2D eigenvalue weighted by Gasteiger charge is -2.39. The van der Waals surface area contributed by atoms with E-state index in [0.717, 1.165) is 38.5 Å². The van der Waals surface area contributed by atoms with Gasteiger partial charge in [-0.15, -0.1) is 0 Å². The molecule has 0 fully saturated rings. The molecule has 4 N–H and O–H groups in total. The highest BCUT2D eigenvalue weighted by Crippen LogP contribution is 2.36. The first kappa shape index (κ1) is 40.9. The van der Waals surface area contributed by atoms with Gasteiger partial charge >= 0.3 is 0 Å². The molecule has 0 bridgehead atoms. The largest absolute Gasteiger partial charge is 0.356 e. The van der Waals surface area contributed by atoms with Crippen LogP contribution in [0.1, 0.15) is 165 Å². The van der Waals surface area contributed by atoms with Crippen LogP contribution in [0.25, 0.3) is 0 Å². The van der Waals surface area contributed by atoms with Gasteiger partial charge in [0.1, 0.15) is 6.04 Å². The quantitative estimate of drug-likeness (QED) is 0.0795. The average molecular weight is 609 g/mol. The molecule has 0 aliphatic heterocycles. The lowest BCUT2D eigenvalue weighted by Crippen LogP contribution is -2.53. The summed E-state index contributed by atoms with van der Waals surface area (Å²) in [7, 11) is 0. The topological polar surface area (TPSA) is 116 Å². The summed E-state index contributed by atoms with van der Waals surface area (Å²) < 4.78 is 0. The molecule has 8 nitrogen and oxygen atoms in total. The molecule has 0 aromatic carbocycles. The van der Waals surface area contributed by atoms with Crippen molar-refractivity contribution in [1.82, 2.24) is 21.3 Å². The van der Waals surface area contributed by atoms with Crippen molar-refractivity contribution in [3.63, 3.8) is 0 Å². The van der Waals surface area contributed by atoms with Crippen LogP contribution >= 0.6 is 0 Å². The molecule has 0 heterocycles. The Hall–Kier alpha value is -2.12. The van der Waals surface area contributed by atoms with Crippen LogP contribution in [-0.2, 0) is 19.2 Å². The van der Waals surface area contributed by atoms with Crippen molar-refractivity contribution in [3.05, 3.63) is 0 Å². The number of hydrogen-bond donors (Lipinski definition) is 4. The maximum atomic E-state index is 13.5. The number of unbranched alkanes of at least 4 members (excludes halogenated alkanes) is 10. The van der Waals surface area contributed by atoms with Crippen LogP contribution in [0.15, 0.2) is 0 Å². The molecule has 252 valence electrons. The predicted molar refractivity (Wildman–Crippen MR) is 179 cm³/mol. The second-order valence-corrected chi connectivity index (χ2v) is 13.8. The van der Waals surface area contributed by atoms with Gasteiger partial charge in [-0.1, -0.05) is 113 Å². The zero-order valence-electron chi connectivity index (χ0n) is 29.2. The molecule has 0 rings (SSSR count). The van der Waals surface area contributed by atoms with E-state index in [1.165, 1.54) is 44.9 Å². The lowest BCUT2D eigenvalue weighted by atomic mass is 9.71. The molecule has 2 unspecified atom stereocenters. The number of amides is 4.